The number of carbonyl (C=O) groups excluding carboxylic acids is 1. The highest BCUT2D eigenvalue weighted by molar-refractivity contribution is 6.42. The number of hydrogen-bond acceptors (Lipinski definition) is 3. The number of aromatic nitrogens is 2. The number of carbonyl (C=O) groups is 1. The summed E-state index contributed by atoms with van der Waals surface area (Å²) in [4.78, 5) is 23.1. The van der Waals surface area contributed by atoms with Crippen molar-refractivity contribution in [2.75, 3.05) is 13.1 Å². The summed E-state index contributed by atoms with van der Waals surface area (Å²) in [5, 5.41) is 0.866. The van der Waals surface area contributed by atoms with Crippen molar-refractivity contribution < 1.29 is 4.79 Å². The average Bonchev–Trinajstić information content (AvgIpc) is 2.57. The molecule has 0 saturated carbocycles. The first-order chi connectivity index (χ1) is 11.0. The molecule has 0 atom stereocenters. The van der Waals surface area contributed by atoms with Crippen LogP contribution in [0.3, 0.4) is 0 Å². The monoisotopic (exact) mass is 349 g/mol. The van der Waals surface area contributed by atoms with E-state index in [2.05, 4.69) is 9.97 Å². The molecule has 1 aliphatic rings. The normalized spacial score (nSPS) is 15.7. The van der Waals surface area contributed by atoms with Crippen molar-refractivity contribution in [1.82, 2.24) is 14.9 Å². The van der Waals surface area contributed by atoms with E-state index in [1.54, 1.807) is 24.4 Å². The first kappa shape index (κ1) is 16.2. The summed E-state index contributed by atoms with van der Waals surface area (Å²) in [5.74, 6) is 1.17. The summed E-state index contributed by atoms with van der Waals surface area (Å²) in [6.07, 6.45) is 3.61. The minimum absolute atomic E-state index is 0.000819. The molecule has 0 radical (unpaired) electrons. The van der Waals surface area contributed by atoms with Gasteiger partial charge in [0.05, 0.1) is 10.0 Å². The summed E-state index contributed by atoms with van der Waals surface area (Å²) in [7, 11) is 0. The zero-order valence-corrected chi connectivity index (χ0v) is 14.3. The van der Waals surface area contributed by atoms with Gasteiger partial charge in [-0.25, -0.2) is 9.97 Å². The van der Waals surface area contributed by atoms with E-state index in [4.69, 9.17) is 23.2 Å². The Bertz CT molecular complexity index is 728. The molecule has 0 bridgehead atoms. The Hall–Kier alpha value is -1.65. The minimum atomic E-state index is 0.000819. The van der Waals surface area contributed by atoms with Crippen molar-refractivity contribution in [3.05, 3.63) is 57.6 Å². The highest BCUT2D eigenvalue weighted by atomic mass is 35.5. The van der Waals surface area contributed by atoms with Crippen LogP contribution < -0.4 is 0 Å². The molecule has 1 aromatic carbocycles. The van der Waals surface area contributed by atoms with Gasteiger partial charge in [-0.3, -0.25) is 4.79 Å². The van der Waals surface area contributed by atoms with Crippen molar-refractivity contribution in [3.8, 4) is 0 Å². The Kier molecular flexibility index (Phi) is 4.83. The van der Waals surface area contributed by atoms with E-state index in [1.165, 1.54) is 0 Å². The Morgan fingerprint density at radius 2 is 1.91 bits per heavy atom. The molecule has 0 aliphatic carbocycles. The highest BCUT2D eigenvalue weighted by Crippen LogP contribution is 2.28. The largest absolute Gasteiger partial charge is 0.339 e. The lowest BCUT2D eigenvalue weighted by molar-refractivity contribution is 0.0712. The predicted molar refractivity (Wildman–Crippen MR) is 91.1 cm³/mol. The molecular weight excluding hydrogens is 333 g/mol. The molecule has 120 valence electrons. The van der Waals surface area contributed by atoms with Crippen LogP contribution in [0.25, 0.3) is 0 Å². The Labute approximate surface area is 145 Å². The second kappa shape index (κ2) is 6.85. The molecule has 1 aliphatic heterocycles. The standard InChI is InChI=1S/C17H17Cl2N3O/c1-11-20-7-4-16(21-11)12-5-8-22(9-6-12)17(23)13-2-3-14(18)15(19)10-13/h2-4,7,10,12H,5-6,8-9H2,1H3. The van der Waals surface area contributed by atoms with Crippen LogP contribution in [0.1, 0.15) is 40.6 Å². The predicted octanol–water partition coefficient (Wildman–Crippen LogP) is 4.11. The second-order valence-electron chi connectivity index (χ2n) is 5.72. The third kappa shape index (κ3) is 3.65. The van der Waals surface area contributed by atoms with Crippen molar-refractivity contribution in [2.24, 2.45) is 0 Å². The molecule has 6 heteroatoms. The Morgan fingerprint density at radius 1 is 1.17 bits per heavy atom. The number of likely N-dealkylation sites (tertiary alicyclic amines) is 1. The molecule has 1 amide bonds. The van der Waals surface area contributed by atoms with Crippen molar-refractivity contribution in [2.45, 2.75) is 25.7 Å². The van der Waals surface area contributed by atoms with Gasteiger partial charge in [-0.2, -0.15) is 0 Å². The number of nitrogens with zero attached hydrogens (tertiary/aromatic N) is 3. The SMILES string of the molecule is Cc1nccc(C2CCN(C(=O)c3ccc(Cl)c(Cl)c3)CC2)n1. The van der Waals surface area contributed by atoms with E-state index in [1.807, 2.05) is 17.9 Å². The van der Waals surface area contributed by atoms with Crippen LogP contribution in [0.5, 0.6) is 0 Å². The number of hydrogen-bond donors (Lipinski definition) is 0. The van der Waals surface area contributed by atoms with E-state index < -0.39 is 0 Å². The van der Waals surface area contributed by atoms with E-state index in [-0.39, 0.29) is 5.91 Å². The van der Waals surface area contributed by atoms with E-state index in [0.717, 1.165) is 24.4 Å². The van der Waals surface area contributed by atoms with Gasteiger partial charge in [0.2, 0.25) is 0 Å². The third-order valence-corrected chi connectivity index (χ3v) is 4.90. The maximum Gasteiger partial charge on any atom is 0.253 e. The molecule has 2 aromatic rings. The molecule has 0 spiro atoms. The van der Waals surface area contributed by atoms with Crippen LogP contribution in [0.2, 0.25) is 10.0 Å². The lowest BCUT2D eigenvalue weighted by Crippen LogP contribution is -2.38. The van der Waals surface area contributed by atoms with Crippen molar-refractivity contribution in [1.29, 1.82) is 0 Å². The van der Waals surface area contributed by atoms with Gasteiger partial charge in [-0.05, 0) is 44.0 Å². The lowest BCUT2D eigenvalue weighted by atomic mass is 9.93. The topological polar surface area (TPSA) is 46.1 Å². The zero-order valence-electron chi connectivity index (χ0n) is 12.8. The van der Waals surface area contributed by atoms with Gasteiger partial charge in [-0.15, -0.1) is 0 Å². The van der Waals surface area contributed by atoms with Crippen LogP contribution >= 0.6 is 23.2 Å². The van der Waals surface area contributed by atoms with Gasteiger partial charge in [0.1, 0.15) is 5.82 Å². The quantitative estimate of drug-likeness (QED) is 0.819. The molecular formula is C17H17Cl2N3O. The van der Waals surface area contributed by atoms with Crippen molar-refractivity contribution >= 4 is 29.1 Å². The average molecular weight is 350 g/mol. The summed E-state index contributed by atoms with van der Waals surface area (Å²) in [6.45, 7) is 3.33. The number of benzene rings is 1. The minimum Gasteiger partial charge on any atom is -0.339 e. The number of piperidine rings is 1. The van der Waals surface area contributed by atoms with Crippen LogP contribution in [0, 0.1) is 6.92 Å². The molecule has 4 nitrogen and oxygen atoms in total. The first-order valence-corrected chi connectivity index (χ1v) is 8.34. The molecule has 1 fully saturated rings. The molecule has 1 aromatic heterocycles. The van der Waals surface area contributed by atoms with Crippen LogP contribution in [0.4, 0.5) is 0 Å². The highest BCUT2D eigenvalue weighted by Gasteiger charge is 2.25. The van der Waals surface area contributed by atoms with Gasteiger partial charge >= 0.3 is 0 Å². The zero-order chi connectivity index (χ0) is 16.4. The fourth-order valence-electron chi connectivity index (χ4n) is 2.89. The van der Waals surface area contributed by atoms with Crippen LogP contribution in [-0.2, 0) is 0 Å². The first-order valence-electron chi connectivity index (χ1n) is 7.58. The van der Waals surface area contributed by atoms with Gasteiger partial charge in [0.15, 0.2) is 0 Å². The number of halogens is 2. The number of rotatable bonds is 2. The molecule has 0 N–H and O–H groups in total. The molecule has 23 heavy (non-hydrogen) atoms. The van der Waals surface area contributed by atoms with Gasteiger partial charge in [0, 0.05) is 36.5 Å². The lowest BCUT2D eigenvalue weighted by Gasteiger charge is -2.32. The summed E-state index contributed by atoms with van der Waals surface area (Å²) < 4.78 is 0. The summed E-state index contributed by atoms with van der Waals surface area (Å²) in [5.41, 5.74) is 1.65. The molecule has 0 unspecified atom stereocenters. The van der Waals surface area contributed by atoms with Crippen LogP contribution in [-0.4, -0.2) is 33.9 Å². The summed E-state index contributed by atoms with van der Waals surface area (Å²) in [6, 6.07) is 6.98. The summed E-state index contributed by atoms with van der Waals surface area (Å²) >= 11 is 11.9. The second-order valence-corrected chi connectivity index (χ2v) is 6.54. The molecule has 1 saturated heterocycles. The fraction of sp³-hybridized carbons (Fsp3) is 0.353. The van der Waals surface area contributed by atoms with Gasteiger partial charge in [0.25, 0.3) is 5.91 Å². The van der Waals surface area contributed by atoms with E-state index in [9.17, 15) is 4.79 Å². The molecule has 2 heterocycles. The fourth-order valence-corrected chi connectivity index (χ4v) is 3.19. The maximum atomic E-state index is 12.6. The smallest absolute Gasteiger partial charge is 0.253 e. The van der Waals surface area contributed by atoms with Gasteiger partial charge in [-0.1, -0.05) is 23.2 Å². The van der Waals surface area contributed by atoms with E-state index >= 15 is 0 Å². The third-order valence-electron chi connectivity index (χ3n) is 4.16. The van der Waals surface area contributed by atoms with Crippen LogP contribution in [0.15, 0.2) is 30.5 Å². The van der Waals surface area contributed by atoms with E-state index in [0.29, 0.717) is 34.6 Å². The Balaban J connectivity index is 1.66. The number of aryl methyl sites for hydroxylation is 1. The maximum absolute atomic E-state index is 12.6. The number of amides is 1. The molecule has 3 rings (SSSR count). The van der Waals surface area contributed by atoms with Gasteiger partial charge < -0.3 is 4.90 Å². The van der Waals surface area contributed by atoms with Crippen molar-refractivity contribution in [3.63, 3.8) is 0 Å². The Morgan fingerprint density at radius 3 is 2.57 bits per heavy atom.